The van der Waals surface area contributed by atoms with Crippen molar-refractivity contribution in [1.29, 1.82) is 0 Å². The van der Waals surface area contributed by atoms with Crippen LogP contribution in [-0.4, -0.2) is 27.6 Å². The number of nitrogens with zero attached hydrogens (tertiary/aromatic N) is 3. The van der Waals surface area contributed by atoms with Crippen LogP contribution in [0.1, 0.15) is 22.5 Å². The van der Waals surface area contributed by atoms with Crippen LogP contribution in [0, 0.1) is 0 Å². The van der Waals surface area contributed by atoms with E-state index in [4.69, 9.17) is 33.9 Å². The predicted molar refractivity (Wildman–Crippen MR) is 193 cm³/mol. The molecule has 46 heavy (non-hydrogen) atoms. The van der Waals surface area contributed by atoms with Crippen molar-refractivity contribution in [1.82, 2.24) is 15.8 Å². The van der Waals surface area contributed by atoms with Gasteiger partial charge in [0, 0.05) is 11.4 Å². The molecule has 5 rings (SSSR count). The molecule has 4 N–H and O–H groups in total. The molecule has 0 bridgehead atoms. The van der Waals surface area contributed by atoms with Gasteiger partial charge in [0.05, 0.1) is 23.8 Å². The highest BCUT2D eigenvalue weighted by molar-refractivity contribution is 7.80. The molecule has 5 aromatic rings. The van der Waals surface area contributed by atoms with Gasteiger partial charge in [-0.15, -0.1) is 0 Å². The highest BCUT2D eigenvalue weighted by atomic mass is 32.1. The lowest BCUT2D eigenvalue weighted by Crippen LogP contribution is -2.23. The van der Waals surface area contributed by atoms with Gasteiger partial charge in [0.2, 0.25) is 0 Å². The standard InChI is InChI=1S/C35H31N7O2S2/c45-34(39-28-8-3-1-4-9-28)41-36-22-26-14-18-32(19-15-26)43-24-30-12-7-13-31(38-30)25-44-33-20-16-27(17-21-33)23-37-42-35(46)40-29-10-5-2-6-11-29/h1-23H,24-25H2,(H2,39,41,45)(H2,40,42,46)/b36-22+,37-23+. The molecule has 230 valence electrons. The van der Waals surface area contributed by atoms with Gasteiger partial charge in [0.25, 0.3) is 0 Å². The van der Waals surface area contributed by atoms with E-state index in [1.807, 2.05) is 127 Å². The van der Waals surface area contributed by atoms with Crippen LogP contribution in [0.25, 0.3) is 0 Å². The SMILES string of the molecule is S=C(N/N=C/c1ccc(OCc2cccc(COc3ccc(/C=N/NC(=S)Nc4ccccc4)cc3)n2)cc1)Nc1ccccc1. The summed E-state index contributed by atoms with van der Waals surface area (Å²) in [7, 11) is 0. The first-order valence-electron chi connectivity index (χ1n) is 14.3. The molecule has 0 unspecified atom stereocenters. The number of benzene rings is 4. The molecular formula is C35H31N7O2S2. The summed E-state index contributed by atoms with van der Waals surface area (Å²) in [6, 6.07) is 40.3. The van der Waals surface area contributed by atoms with Gasteiger partial charge in [-0.05, 0) is 120 Å². The minimum absolute atomic E-state index is 0.328. The van der Waals surface area contributed by atoms with Gasteiger partial charge in [-0.25, -0.2) is 0 Å². The molecule has 0 saturated heterocycles. The van der Waals surface area contributed by atoms with E-state index in [1.54, 1.807) is 12.4 Å². The number of nitrogens with one attached hydrogen (secondary N) is 4. The summed E-state index contributed by atoms with van der Waals surface area (Å²) in [6.45, 7) is 0.656. The molecule has 0 aliphatic carbocycles. The molecule has 0 aliphatic heterocycles. The highest BCUT2D eigenvalue weighted by Gasteiger charge is 2.03. The van der Waals surface area contributed by atoms with Crippen LogP contribution in [-0.2, 0) is 13.2 Å². The minimum Gasteiger partial charge on any atom is -0.487 e. The number of para-hydroxylation sites is 2. The number of hydrogen-bond donors (Lipinski definition) is 4. The van der Waals surface area contributed by atoms with Crippen molar-refractivity contribution >= 4 is 58.5 Å². The van der Waals surface area contributed by atoms with E-state index >= 15 is 0 Å². The van der Waals surface area contributed by atoms with Gasteiger partial charge in [-0.3, -0.25) is 15.8 Å². The maximum absolute atomic E-state index is 5.94. The summed E-state index contributed by atoms with van der Waals surface area (Å²) >= 11 is 10.5. The Hall–Kier alpha value is -5.65. The third-order valence-corrected chi connectivity index (χ3v) is 6.61. The summed E-state index contributed by atoms with van der Waals surface area (Å²) in [5.74, 6) is 1.45. The molecule has 0 fully saturated rings. The van der Waals surface area contributed by atoms with Gasteiger partial charge in [0.1, 0.15) is 24.7 Å². The molecule has 9 nitrogen and oxygen atoms in total. The van der Waals surface area contributed by atoms with Crippen molar-refractivity contribution in [3.63, 3.8) is 0 Å². The Morgan fingerprint density at radius 2 is 0.957 bits per heavy atom. The Bertz CT molecular complexity index is 1640. The monoisotopic (exact) mass is 645 g/mol. The maximum Gasteiger partial charge on any atom is 0.191 e. The largest absolute Gasteiger partial charge is 0.487 e. The summed E-state index contributed by atoms with van der Waals surface area (Å²) < 4.78 is 11.9. The second-order valence-electron chi connectivity index (χ2n) is 9.72. The molecule has 0 radical (unpaired) electrons. The van der Waals surface area contributed by atoms with Gasteiger partial charge in [0.15, 0.2) is 10.2 Å². The number of ether oxygens (including phenoxy) is 2. The lowest BCUT2D eigenvalue weighted by atomic mass is 10.2. The molecule has 0 saturated carbocycles. The van der Waals surface area contributed by atoms with E-state index in [-0.39, 0.29) is 0 Å². The molecule has 1 aromatic heterocycles. The molecule has 4 aromatic carbocycles. The van der Waals surface area contributed by atoms with Crippen LogP contribution in [0.3, 0.4) is 0 Å². The van der Waals surface area contributed by atoms with Crippen LogP contribution >= 0.6 is 24.4 Å². The molecule has 0 spiro atoms. The fraction of sp³-hybridized carbons (Fsp3) is 0.0571. The first-order chi connectivity index (χ1) is 22.6. The van der Waals surface area contributed by atoms with Gasteiger partial charge in [-0.1, -0.05) is 42.5 Å². The van der Waals surface area contributed by atoms with Gasteiger partial charge in [-0.2, -0.15) is 10.2 Å². The summed E-state index contributed by atoms with van der Waals surface area (Å²) in [6.07, 6.45) is 3.38. The van der Waals surface area contributed by atoms with Crippen molar-refractivity contribution in [3.8, 4) is 11.5 Å². The average Bonchev–Trinajstić information content (AvgIpc) is 3.09. The second kappa shape index (κ2) is 17.0. The Labute approximate surface area is 278 Å². The van der Waals surface area contributed by atoms with E-state index in [0.717, 1.165) is 45.4 Å². The second-order valence-corrected chi connectivity index (χ2v) is 10.5. The number of aromatic nitrogens is 1. The van der Waals surface area contributed by atoms with E-state index in [1.165, 1.54) is 0 Å². The van der Waals surface area contributed by atoms with Crippen LogP contribution in [0.4, 0.5) is 11.4 Å². The van der Waals surface area contributed by atoms with E-state index in [0.29, 0.717) is 23.4 Å². The smallest absolute Gasteiger partial charge is 0.191 e. The number of hydrogen-bond acceptors (Lipinski definition) is 7. The zero-order valence-electron chi connectivity index (χ0n) is 24.7. The lowest BCUT2D eigenvalue weighted by Gasteiger charge is -2.09. The maximum atomic E-state index is 5.94. The van der Waals surface area contributed by atoms with Gasteiger partial charge >= 0.3 is 0 Å². The van der Waals surface area contributed by atoms with E-state index < -0.39 is 0 Å². The fourth-order valence-corrected chi connectivity index (χ4v) is 4.34. The predicted octanol–water partition coefficient (Wildman–Crippen LogP) is 6.88. The quantitative estimate of drug-likeness (QED) is 0.0657. The third kappa shape index (κ3) is 10.8. The average molecular weight is 646 g/mol. The zero-order chi connectivity index (χ0) is 31.8. The van der Waals surface area contributed by atoms with Crippen LogP contribution in [0.5, 0.6) is 11.5 Å². The molecule has 11 heteroatoms. The zero-order valence-corrected chi connectivity index (χ0v) is 26.3. The third-order valence-electron chi connectivity index (χ3n) is 6.22. The van der Waals surface area contributed by atoms with Crippen LogP contribution in [0.15, 0.2) is 138 Å². The molecule has 1 heterocycles. The van der Waals surface area contributed by atoms with Crippen molar-refractivity contribution in [3.05, 3.63) is 150 Å². The number of anilines is 2. The number of rotatable bonds is 12. The molecule has 0 aliphatic rings. The number of pyridine rings is 1. The van der Waals surface area contributed by atoms with Gasteiger partial charge < -0.3 is 20.1 Å². The summed E-state index contributed by atoms with van der Waals surface area (Å²) in [4.78, 5) is 4.67. The number of hydrazone groups is 2. The Morgan fingerprint density at radius 1 is 0.543 bits per heavy atom. The first-order valence-corrected chi connectivity index (χ1v) is 15.1. The highest BCUT2D eigenvalue weighted by Crippen LogP contribution is 2.15. The normalized spacial score (nSPS) is 10.8. The van der Waals surface area contributed by atoms with Crippen molar-refractivity contribution in [2.45, 2.75) is 13.2 Å². The lowest BCUT2D eigenvalue weighted by molar-refractivity contribution is 0.290. The van der Waals surface area contributed by atoms with Crippen molar-refractivity contribution in [2.75, 3.05) is 10.6 Å². The summed E-state index contributed by atoms with van der Waals surface area (Å²) in [5, 5.41) is 15.3. The Balaban J connectivity index is 1.02. The molecule has 0 amide bonds. The molecule has 0 atom stereocenters. The van der Waals surface area contributed by atoms with E-state index in [2.05, 4.69) is 36.7 Å². The topological polar surface area (TPSA) is 104 Å². The minimum atomic E-state index is 0.328. The van der Waals surface area contributed by atoms with Crippen LogP contribution in [0.2, 0.25) is 0 Å². The van der Waals surface area contributed by atoms with Crippen molar-refractivity contribution in [2.24, 2.45) is 10.2 Å². The Kier molecular flexibility index (Phi) is 11.7. The fourth-order valence-electron chi connectivity index (χ4n) is 4.00. The number of thiocarbonyl (C=S) groups is 2. The van der Waals surface area contributed by atoms with Crippen molar-refractivity contribution < 1.29 is 9.47 Å². The summed E-state index contributed by atoms with van der Waals surface area (Å²) in [5.41, 5.74) is 10.8. The molecular weight excluding hydrogens is 615 g/mol. The first kappa shape index (κ1) is 31.8. The Morgan fingerprint density at radius 3 is 1.37 bits per heavy atom. The van der Waals surface area contributed by atoms with E-state index in [9.17, 15) is 0 Å². The van der Waals surface area contributed by atoms with Crippen LogP contribution < -0.4 is 31.0 Å².